The molecule has 2 aromatic carbocycles. The van der Waals surface area contributed by atoms with E-state index in [9.17, 15) is 4.79 Å². The van der Waals surface area contributed by atoms with Crippen molar-refractivity contribution in [2.45, 2.75) is 78.3 Å². The number of esters is 1. The molecule has 0 bridgehead atoms. The third kappa shape index (κ3) is 5.87. The molecule has 6 atom stereocenters. The predicted molar refractivity (Wildman–Crippen MR) is 147 cm³/mol. The number of carbonyl (C=O) groups excluding carboxylic acids is 1. The Labute approximate surface area is 223 Å². The van der Waals surface area contributed by atoms with Gasteiger partial charge in [0, 0.05) is 24.4 Å². The van der Waals surface area contributed by atoms with Crippen LogP contribution in [0.2, 0.25) is 0 Å². The molecule has 1 saturated carbocycles. The minimum absolute atomic E-state index is 0.0435. The van der Waals surface area contributed by atoms with Crippen molar-refractivity contribution in [1.82, 2.24) is 0 Å². The normalized spacial score (nSPS) is 31.1. The van der Waals surface area contributed by atoms with Gasteiger partial charge in [-0.2, -0.15) is 0 Å². The topological polar surface area (TPSA) is 54.0 Å². The highest BCUT2D eigenvalue weighted by atomic mass is 28.3. The van der Waals surface area contributed by atoms with Gasteiger partial charge in [0.05, 0.1) is 18.8 Å². The fourth-order valence-electron chi connectivity index (χ4n) is 6.69. The maximum Gasteiger partial charge on any atom is 0.306 e. The number of rotatable bonds is 7. The van der Waals surface area contributed by atoms with Crippen LogP contribution in [0.3, 0.4) is 0 Å². The third-order valence-electron chi connectivity index (χ3n) is 8.56. The maximum atomic E-state index is 12.6. The SMILES string of the molecule is CC(C)(C)C(O[SiH](c1ccccc1)c1ccccc1)[C@H]1[C@H]2CC(=O)OC[C@@]2(C)C[C@H]1OC1CCCCO1. The molecule has 0 radical (unpaired) electrons. The molecule has 2 saturated heterocycles. The van der Waals surface area contributed by atoms with Crippen LogP contribution in [-0.4, -0.2) is 46.7 Å². The van der Waals surface area contributed by atoms with Crippen LogP contribution in [0.25, 0.3) is 0 Å². The van der Waals surface area contributed by atoms with Crippen LogP contribution in [0.4, 0.5) is 0 Å². The lowest BCUT2D eigenvalue weighted by Crippen LogP contribution is -2.54. The number of fused-ring (bicyclic) bond motifs is 1. The van der Waals surface area contributed by atoms with Crippen molar-refractivity contribution < 1.29 is 23.4 Å². The Morgan fingerprint density at radius 1 is 1.00 bits per heavy atom. The highest BCUT2D eigenvalue weighted by molar-refractivity contribution is 6.80. The molecule has 0 amide bonds. The second-order valence-corrected chi connectivity index (χ2v) is 14.9. The van der Waals surface area contributed by atoms with Crippen molar-refractivity contribution in [2.75, 3.05) is 13.2 Å². The summed E-state index contributed by atoms with van der Waals surface area (Å²) in [6, 6.07) is 21.3. The van der Waals surface area contributed by atoms with E-state index >= 15 is 0 Å². The average Bonchev–Trinajstić information content (AvgIpc) is 3.16. The third-order valence-corrected chi connectivity index (χ3v) is 11.1. The van der Waals surface area contributed by atoms with Gasteiger partial charge in [-0.25, -0.2) is 0 Å². The van der Waals surface area contributed by atoms with Crippen LogP contribution < -0.4 is 10.4 Å². The molecule has 5 nitrogen and oxygen atoms in total. The molecule has 2 unspecified atom stereocenters. The summed E-state index contributed by atoms with van der Waals surface area (Å²) in [7, 11) is -2.03. The highest BCUT2D eigenvalue weighted by Gasteiger charge is 2.59. The van der Waals surface area contributed by atoms with E-state index in [4.69, 9.17) is 18.6 Å². The second-order valence-electron chi connectivity index (χ2n) is 12.5. The molecule has 0 N–H and O–H groups in total. The molecule has 2 aliphatic heterocycles. The molecular weight excluding hydrogens is 480 g/mol. The van der Waals surface area contributed by atoms with Gasteiger partial charge in [-0.3, -0.25) is 4.79 Å². The molecule has 2 aromatic rings. The Hall–Kier alpha value is -1.99. The smallest absolute Gasteiger partial charge is 0.306 e. The Morgan fingerprint density at radius 3 is 2.22 bits per heavy atom. The van der Waals surface area contributed by atoms with Gasteiger partial charge < -0.3 is 18.6 Å². The van der Waals surface area contributed by atoms with Crippen LogP contribution in [0.1, 0.15) is 59.8 Å². The molecule has 0 aromatic heterocycles. The van der Waals surface area contributed by atoms with Gasteiger partial charge in [0.2, 0.25) is 9.04 Å². The minimum atomic E-state index is -2.03. The number of ether oxygens (including phenoxy) is 3. The van der Waals surface area contributed by atoms with E-state index in [1.807, 2.05) is 0 Å². The van der Waals surface area contributed by atoms with Crippen molar-refractivity contribution in [3.8, 4) is 0 Å². The Balaban J connectivity index is 1.53. The van der Waals surface area contributed by atoms with Gasteiger partial charge in [-0.05, 0) is 47.4 Å². The summed E-state index contributed by atoms with van der Waals surface area (Å²) < 4.78 is 25.8. The summed E-state index contributed by atoms with van der Waals surface area (Å²) in [5.74, 6) is 0.119. The van der Waals surface area contributed by atoms with Crippen molar-refractivity contribution >= 4 is 25.4 Å². The lowest BCUT2D eigenvalue weighted by molar-refractivity contribution is -0.205. The number of carbonyl (C=O) groups is 1. The maximum absolute atomic E-state index is 12.6. The molecule has 3 aliphatic rings. The zero-order valence-corrected chi connectivity index (χ0v) is 23.9. The quantitative estimate of drug-likeness (QED) is 0.397. The molecule has 200 valence electrons. The highest BCUT2D eigenvalue weighted by Crippen LogP contribution is 2.56. The van der Waals surface area contributed by atoms with E-state index in [0.29, 0.717) is 13.0 Å². The lowest BCUT2D eigenvalue weighted by atomic mass is 9.69. The lowest BCUT2D eigenvalue weighted by Gasteiger charge is -2.45. The van der Waals surface area contributed by atoms with E-state index in [2.05, 4.69) is 88.4 Å². The fourth-order valence-corrected chi connectivity index (χ4v) is 9.41. The first-order valence-corrected chi connectivity index (χ1v) is 15.6. The molecular formula is C31H42O5Si. The predicted octanol–water partition coefficient (Wildman–Crippen LogP) is 4.46. The zero-order valence-electron chi connectivity index (χ0n) is 22.7. The molecule has 3 fully saturated rings. The fraction of sp³-hybridized carbons (Fsp3) is 0.581. The molecule has 1 aliphatic carbocycles. The standard InChI is InChI=1S/C31H42O5Si/c1-30(2,3)29(36-37(22-13-7-5-8-14-22)23-15-9-6-10-16-23)28-24-19-26(32)34-21-31(24,4)20-25(28)35-27-17-11-12-18-33-27/h5-10,13-16,24-25,27-29,37H,11-12,17-21H2,1-4H3/t24-,25-,27?,28+,29?,31-/m1/s1. The molecule has 2 heterocycles. The summed E-state index contributed by atoms with van der Waals surface area (Å²) in [5, 5.41) is 2.53. The van der Waals surface area contributed by atoms with Crippen molar-refractivity contribution in [3.63, 3.8) is 0 Å². The zero-order chi connectivity index (χ0) is 26.0. The van der Waals surface area contributed by atoms with Crippen LogP contribution >= 0.6 is 0 Å². The largest absolute Gasteiger partial charge is 0.465 e. The summed E-state index contributed by atoms with van der Waals surface area (Å²) in [6.07, 6.45) is 4.10. The summed E-state index contributed by atoms with van der Waals surface area (Å²) in [4.78, 5) is 12.6. The first-order chi connectivity index (χ1) is 17.7. The van der Waals surface area contributed by atoms with E-state index in [-0.39, 0.29) is 47.1 Å². The molecule has 37 heavy (non-hydrogen) atoms. The van der Waals surface area contributed by atoms with Gasteiger partial charge in [-0.15, -0.1) is 0 Å². The minimum Gasteiger partial charge on any atom is -0.465 e. The van der Waals surface area contributed by atoms with Crippen LogP contribution in [0.15, 0.2) is 60.7 Å². The van der Waals surface area contributed by atoms with Crippen molar-refractivity contribution in [3.05, 3.63) is 60.7 Å². The molecule has 5 rings (SSSR count). The second kappa shape index (κ2) is 11.0. The van der Waals surface area contributed by atoms with Gasteiger partial charge in [0.25, 0.3) is 0 Å². The van der Waals surface area contributed by atoms with E-state index < -0.39 is 9.04 Å². The van der Waals surface area contributed by atoms with Crippen LogP contribution in [0, 0.1) is 22.7 Å². The van der Waals surface area contributed by atoms with Crippen molar-refractivity contribution in [2.24, 2.45) is 22.7 Å². The Bertz CT molecular complexity index is 993. The van der Waals surface area contributed by atoms with Crippen LogP contribution in [0.5, 0.6) is 0 Å². The van der Waals surface area contributed by atoms with Gasteiger partial charge in [-0.1, -0.05) is 88.4 Å². The van der Waals surface area contributed by atoms with E-state index in [1.54, 1.807) is 0 Å². The Kier molecular flexibility index (Phi) is 7.92. The summed E-state index contributed by atoms with van der Waals surface area (Å²) >= 11 is 0. The van der Waals surface area contributed by atoms with Gasteiger partial charge in [0.15, 0.2) is 6.29 Å². The Morgan fingerprint density at radius 2 is 1.65 bits per heavy atom. The number of hydrogen-bond donors (Lipinski definition) is 0. The average molecular weight is 523 g/mol. The van der Waals surface area contributed by atoms with E-state index in [1.165, 1.54) is 10.4 Å². The monoisotopic (exact) mass is 522 g/mol. The van der Waals surface area contributed by atoms with Gasteiger partial charge in [0.1, 0.15) is 0 Å². The van der Waals surface area contributed by atoms with Gasteiger partial charge >= 0.3 is 5.97 Å². The van der Waals surface area contributed by atoms with E-state index in [0.717, 1.165) is 32.3 Å². The summed E-state index contributed by atoms with van der Waals surface area (Å²) in [6.45, 7) is 10.3. The first-order valence-electron chi connectivity index (χ1n) is 13.9. The number of cyclic esters (lactones) is 1. The first kappa shape index (κ1) is 26.6. The summed E-state index contributed by atoms with van der Waals surface area (Å²) in [5.41, 5.74) is -0.275. The number of hydrogen-bond acceptors (Lipinski definition) is 5. The molecule has 6 heteroatoms. The van der Waals surface area contributed by atoms with Crippen molar-refractivity contribution in [1.29, 1.82) is 0 Å². The molecule has 0 spiro atoms. The number of benzene rings is 2. The van der Waals surface area contributed by atoms with Crippen LogP contribution in [-0.2, 0) is 23.4 Å².